The lowest BCUT2D eigenvalue weighted by Crippen LogP contribution is -2.37. The highest BCUT2D eigenvalue weighted by atomic mass is 19.1. The normalized spacial score (nSPS) is 10.8. The quantitative estimate of drug-likeness (QED) is 0.792. The van der Waals surface area contributed by atoms with Crippen molar-refractivity contribution in [3.63, 3.8) is 0 Å². The number of amides is 1. The van der Waals surface area contributed by atoms with E-state index in [0.29, 0.717) is 12.0 Å². The van der Waals surface area contributed by atoms with Crippen LogP contribution in [0.15, 0.2) is 47.3 Å². The van der Waals surface area contributed by atoms with E-state index in [0.717, 1.165) is 4.68 Å². The Hall–Kier alpha value is -3.09. The van der Waals surface area contributed by atoms with Crippen LogP contribution in [0.1, 0.15) is 18.3 Å². The molecule has 1 amide bonds. The van der Waals surface area contributed by atoms with Gasteiger partial charge in [0.2, 0.25) is 5.91 Å². The van der Waals surface area contributed by atoms with Crippen molar-refractivity contribution in [1.29, 1.82) is 0 Å². The molecule has 3 rings (SSSR count). The lowest BCUT2D eigenvalue weighted by molar-refractivity contribution is -0.116. The summed E-state index contributed by atoms with van der Waals surface area (Å²) >= 11 is 0. The highest BCUT2D eigenvalue weighted by Crippen LogP contribution is 2.12. The fourth-order valence-electron chi connectivity index (χ4n) is 2.57. The summed E-state index contributed by atoms with van der Waals surface area (Å²) in [5.74, 6) is -1.31. The molecule has 0 aliphatic carbocycles. The van der Waals surface area contributed by atoms with Gasteiger partial charge in [-0.15, -0.1) is 0 Å². The SMILES string of the molecule is CCc1nc2c(F)cccc2c(=O)n1NC(=O)Cc1cccc(F)c1. The molecule has 0 unspecified atom stereocenters. The molecule has 0 saturated carbocycles. The van der Waals surface area contributed by atoms with Crippen molar-refractivity contribution >= 4 is 16.8 Å². The summed E-state index contributed by atoms with van der Waals surface area (Å²) in [6.07, 6.45) is 0.217. The van der Waals surface area contributed by atoms with Crippen LogP contribution in [0.5, 0.6) is 0 Å². The maximum atomic E-state index is 13.9. The van der Waals surface area contributed by atoms with Gasteiger partial charge in [0.05, 0.1) is 11.8 Å². The average Bonchev–Trinajstić information content (AvgIpc) is 2.58. The molecule has 1 heterocycles. The number of halogens is 2. The number of rotatable bonds is 4. The third-order valence-corrected chi connectivity index (χ3v) is 3.73. The maximum absolute atomic E-state index is 13.9. The molecule has 0 aliphatic heterocycles. The summed E-state index contributed by atoms with van der Waals surface area (Å²) < 4.78 is 28.1. The summed E-state index contributed by atoms with van der Waals surface area (Å²) in [5, 5.41) is 0.0725. The lowest BCUT2D eigenvalue weighted by atomic mass is 10.1. The first-order chi connectivity index (χ1) is 12.0. The van der Waals surface area contributed by atoms with E-state index in [1.54, 1.807) is 13.0 Å². The predicted molar refractivity (Wildman–Crippen MR) is 89.8 cm³/mol. The number of nitrogens with zero attached hydrogens (tertiary/aromatic N) is 2. The molecule has 1 aromatic heterocycles. The van der Waals surface area contributed by atoms with E-state index in [-0.39, 0.29) is 23.1 Å². The Morgan fingerprint density at radius 1 is 1.20 bits per heavy atom. The van der Waals surface area contributed by atoms with E-state index in [1.807, 2.05) is 0 Å². The molecule has 2 aromatic carbocycles. The maximum Gasteiger partial charge on any atom is 0.280 e. The first-order valence-corrected chi connectivity index (χ1v) is 7.74. The summed E-state index contributed by atoms with van der Waals surface area (Å²) in [5.41, 5.74) is 2.35. The number of carbonyl (C=O) groups excluding carboxylic acids is 1. The van der Waals surface area contributed by atoms with Gasteiger partial charge in [-0.2, -0.15) is 0 Å². The Balaban J connectivity index is 1.96. The average molecular weight is 343 g/mol. The molecule has 1 N–H and O–H groups in total. The second-order valence-electron chi connectivity index (χ2n) is 5.50. The van der Waals surface area contributed by atoms with E-state index in [1.165, 1.54) is 36.4 Å². The zero-order valence-corrected chi connectivity index (χ0v) is 13.4. The summed E-state index contributed by atoms with van der Waals surface area (Å²) in [6.45, 7) is 1.74. The standard InChI is InChI=1S/C18H15F2N3O2/c1-2-15-21-17-13(7-4-8-14(17)20)18(25)23(15)22-16(24)10-11-5-3-6-12(19)9-11/h3-9H,2,10H2,1H3,(H,22,24). The molecule has 5 nitrogen and oxygen atoms in total. The predicted octanol–water partition coefficient (Wildman–Crippen LogP) is 2.55. The molecule has 0 atom stereocenters. The Kier molecular flexibility index (Phi) is 4.56. The van der Waals surface area contributed by atoms with Crippen molar-refractivity contribution < 1.29 is 13.6 Å². The molecule has 128 valence electrons. The van der Waals surface area contributed by atoms with Gasteiger partial charge in [-0.25, -0.2) is 18.4 Å². The van der Waals surface area contributed by atoms with Crippen LogP contribution >= 0.6 is 0 Å². The van der Waals surface area contributed by atoms with Crippen LogP contribution in [0, 0.1) is 11.6 Å². The molecular weight excluding hydrogens is 328 g/mol. The second-order valence-corrected chi connectivity index (χ2v) is 5.50. The van der Waals surface area contributed by atoms with Gasteiger partial charge in [0.25, 0.3) is 5.56 Å². The third kappa shape index (κ3) is 3.40. The molecule has 25 heavy (non-hydrogen) atoms. The molecule has 0 bridgehead atoms. The van der Waals surface area contributed by atoms with E-state index in [9.17, 15) is 18.4 Å². The lowest BCUT2D eigenvalue weighted by Gasteiger charge is -2.13. The fraction of sp³-hybridized carbons (Fsp3) is 0.167. The number of hydrogen-bond acceptors (Lipinski definition) is 3. The highest BCUT2D eigenvalue weighted by Gasteiger charge is 2.15. The smallest absolute Gasteiger partial charge is 0.273 e. The Morgan fingerprint density at radius 3 is 2.68 bits per heavy atom. The van der Waals surface area contributed by atoms with Gasteiger partial charge in [0.1, 0.15) is 23.0 Å². The third-order valence-electron chi connectivity index (χ3n) is 3.73. The number of carbonyl (C=O) groups is 1. The highest BCUT2D eigenvalue weighted by molar-refractivity contribution is 5.86. The van der Waals surface area contributed by atoms with Crippen LogP contribution < -0.4 is 11.0 Å². The topological polar surface area (TPSA) is 64.0 Å². The molecule has 0 saturated heterocycles. The van der Waals surface area contributed by atoms with Gasteiger partial charge in [-0.3, -0.25) is 15.0 Å². The minimum absolute atomic E-state index is 0.0278. The zero-order chi connectivity index (χ0) is 18.0. The van der Waals surface area contributed by atoms with Crippen molar-refractivity contribution in [2.45, 2.75) is 19.8 Å². The molecule has 0 fully saturated rings. The van der Waals surface area contributed by atoms with Crippen LogP contribution in [0.4, 0.5) is 8.78 Å². The van der Waals surface area contributed by atoms with Crippen LogP contribution in [0.2, 0.25) is 0 Å². The molecule has 7 heteroatoms. The minimum Gasteiger partial charge on any atom is -0.273 e. The first-order valence-electron chi connectivity index (χ1n) is 7.74. The summed E-state index contributed by atoms with van der Waals surface area (Å²) in [6, 6.07) is 9.72. The van der Waals surface area contributed by atoms with Gasteiger partial charge in [0.15, 0.2) is 0 Å². The molecule has 0 spiro atoms. The van der Waals surface area contributed by atoms with E-state index in [4.69, 9.17) is 0 Å². The first kappa shape index (κ1) is 16.8. The van der Waals surface area contributed by atoms with Crippen LogP contribution in [-0.4, -0.2) is 15.6 Å². The zero-order valence-electron chi connectivity index (χ0n) is 13.4. The van der Waals surface area contributed by atoms with E-state index < -0.39 is 23.1 Å². The number of hydrogen-bond donors (Lipinski definition) is 1. The van der Waals surface area contributed by atoms with Gasteiger partial charge >= 0.3 is 0 Å². The van der Waals surface area contributed by atoms with Gasteiger partial charge < -0.3 is 0 Å². The van der Waals surface area contributed by atoms with Gasteiger partial charge in [-0.05, 0) is 29.8 Å². The van der Waals surface area contributed by atoms with Crippen LogP contribution in [0.3, 0.4) is 0 Å². The number of para-hydroxylation sites is 1. The monoisotopic (exact) mass is 343 g/mol. The number of fused-ring (bicyclic) bond motifs is 1. The molecule has 3 aromatic rings. The summed E-state index contributed by atoms with van der Waals surface area (Å²) in [7, 11) is 0. The van der Waals surface area contributed by atoms with Crippen molar-refractivity contribution in [3.8, 4) is 0 Å². The van der Waals surface area contributed by atoms with Gasteiger partial charge in [-0.1, -0.05) is 25.1 Å². The van der Waals surface area contributed by atoms with Crippen molar-refractivity contribution in [3.05, 3.63) is 75.8 Å². The Bertz CT molecular complexity index is 1010. The van der Waals surface area contributed by atoms with Crippen molar-refractivity contribution in [2.24, 2.45) is 0 Å². The number of aromatic nitrogens is 2. The largest absolute Gasteiger partial charge is 0.280 e. The Labute approximate surface area is 141 Å². The van der Waals surface area contributed by atoms with E-state index >= 15 is 0 Å². The minimum atomic E-state index is -0.595. The van der Waals surface area contributed by atoms with Crippen molar-refractivity contribution in [1.82, 2.24) is 9.66 Å². The number of nitrogens with one attached hydrogen (secondary N) is 1. The molecular formula is C18H15F2N3O2. The Morgan fingerprint density at radius 2 is 1.96 bits per heavy atom. The van der Waals surface area contributed by atoms with Crippen molar-refractivity contribution in [2.75, 3.05) is 5.43 Å². The molecule has 0 radical (unpaired) electrons. The number of benzene rings is 2. The number of aryl methyl sites for hydroxylation is 1. The molecule has 0 aliphatic rings. The van der Waals surface area contributed by atoms with Crippen LogP contribution in [0.25, 0.3) is 10.9 Å². The second kappa shape index (κ2) is 6.80. The van der Waals surface area contributed by atoms with Gasteiger partial charge in [0, 0.05) is 6.42 Å². The van der Waals surface area contributed by atoms with E-state index in [2.05, 4.69) is 10.4 Å². The van der Waals surface area contributed by atoms with Crippen LogP contribution in [-0.2, 0) is 17.6 Å². The fourth-order valence-corrected chi connectivity index (χ4v) is 2.57. The summed E-state index contributed by atoms with van der Waals surface area (Å²) in [4.78, 5) is 28.9.